The Kier molecular flexibility index (Phi) is 3.51. The Bertz CT molecular complexity index is 400. The molecule has 88 valence electrons. The molecule has 1 aromatic carbocycles. The molecule has 0 radical (unpaired) electrons. The number of amides is 1. The minimum Gasteiger partial charge on any atom is -0.352 e. The number of carbonyl (C=O) groups excluding carboxylic acids is 1. The van der Waals surface area contributed by atoms with Crippen LogP contribution in [-0.2, 0) is 6.18 Å². The van der Waals surface area contributed by atoms with E-state index in [1.165, 1.54) is 0 Å². The Balaban J connectivity index is 3.13. The highest BCUT2D eigenvalue weighted by atomic mass is 19.4. The van der Waals surface area contributed by atoms with E-state index in [0.29, 0.717) is 12.1 Å². The maximum absolute atomic E-state index is 12.9. The molecule has 1 aromatic rings. The van der Waals surface area contributed by atoms with Crippen LogP contribution in [0.3, 0.4) is 0 Å². The van der Waals surface area contributed by atoms with Crippen molar-refractivity contribution in [1.29, 1.82) is 0 Å². The second-order valence-corrected chi connectivity index (χ2v) is 3.05. The molecule has 6 heteroatoms. The zero-order chi connectivity index (χ0) is 12.3. The van der Waals surface area contributed by atoms with Gasteiger partial charge in [0.15, 0.2) is 0 Å². The molecule has 0 fully saturated rings. The molecule has 16 heavy (non-hydrogen) atoms. The van der Waals surface area contributed by atoms with Gasteiger partial charge in [-0.1, -0.05) is 0 Å². The van der Waals surface area contributed by atoms with Crippen LogP contribution in [0.2, 0.25) is 0 Å². The molecule has 0 aromatic heterocycles. The molecule has 0 saturated carbocycles. The van der Waals surface area contributed by atoms with E-state index in [2.05, 4.69) is 5.32 Å². The fourth-order valence-electron chi connectivity index (χ4n) is 1.15. The summed E-state index contributed by atoms with van der Waals surface area (Å²) in [5.41, 5.74) is -1.65. The Labute approximate surface area is 89.3 Å². The summed E-state index contributed by atoms with van der Waals surface area (Å²) in [6.07, 6.45) is -4.80. The van der Waals surface area contributed by atoms with Crippen LogP contribution in [-0.4, -0.2) is 12.5 Å². The lowest BCUT2D eigenvalue weighted by Crippen LogP contribution is -2.23. The topological polar surface area (TPSA) is 29.1 Å². The van der Waals surface area contributed by atoms with E-state index in [4.69, 9.17) is 0 Å². The Morgan fingerprint density at radius 3 is 2.50 bits per heavy atom. The first kappa shape index (κ1) is 12.5. The maximum Gasteiger partial charge on any atom is 0.419 e. The van der Waals surface area contributed by atoms with Crippen molar-refractivity contribution in [3.63, 3.8) is 0 Å². The first-order chi connectivity index (χ1) is 7.36. The van der Waals surface area contributed by atoms with Crippen molar-refractivity contribution in [1.82, 2.24) is 5.32 Å². The second kappa shape index (κ2) is 4.51. The van der Waals surface area contributed by atoms with Gasteiger partial charge in [0.1, 0.15) is 5.82 Å². The monoisotopic (exact) mass is 235 g/mol. The van der Waals surface area contributed by atoms with Gasteiger partial charge in [0.05, 0.1) is 5.56 Å². The Morgan fingerprint density at radius 2 is 2.00 bits per heavy atom. The standard InChI is InChI=1S/C10H9F4NO/c1-2-15-9(16)6-3-4-8(11)7(5-6)10(12,13)14/h3-5H,2H2,1H3,(H,15,16). The normalized spacial score (nSPS) is 11.3. The van der Waals surface area contributed by atoms with Crippen molar-refractivity contribution in [2.45, 2.75) is 13.1 Å². The van der Waals surface area contributed by atoms with Gasteiger partial charge in [-0.25, -0.2) is 4.39 Å². The number of nitrogens with one attached hydrogen (secondary N) is 1. The van der Waals surface area contributed by atoms with Crippen LogP contribution < -0.4 is 5.32 Å². The zero-order valence-corrected chi connectivity index (χ0v) is 8.36. The summed E-state index contributed by atoms with van der Waals surface area (Å²) >= 11 is 0. The average Bonchev–Trinajstić information content (AvgIpc) is 2.16. The highest BCUT2D eigenvalue weighted by Crippen LogP contribution is 2.31. The number of hydrogen-bond acceptors (Lipinski definition) is 1. The molecule has 1 amide bonds. The van der Waals surface area contributed by atoms with E-state index >= 15 is 0 Å². The maximum atomic E-state index is 12.9. The fourth-order valence-corrected chi connectivity index (χ4v) is 1.15. The highest BCUT2D eigenvalue weighted by molar-refractivity contribution is 5.94. The molecule has 0 atom stereocenters. The van der Waals surface area contributed by atoms with Crippen molar-refractivity contribution in [2.75, 3.05) is 6.54 Å². The van der Waals surface area contributed by atoms with Crippen LogP contribution in [0, 0.1) is 5.82 Å². The third kappa shape index (κ3) is 2.71. The first-order valence-electron chi connectivity index (χ1n) is 4.51. The number of hydrogen-bond donors (Lipinski definition) is 1. The summed E-state index contributed by atoms with van der Waals surface area (Å²) in [4.78, 5) is 11.2. The van der Waals surface area contributed by atoms with Crippen LogP contribution >= 0.6 is 0 Å². The fraction of sp³-hybridized carbons (Fsp3) is 0.300. The van der Waals surface area contributed by atoms with E-state index < -0.39 is 23.5 Å². The average molecular weight is 235 g/mol. The molecular weight excluding hydrogens is 226 g/mol. The number of alkyl halides is 3. The van der Waals surface area contributed by atoms with Gasteiger partial charge in [-0.15, -0.1) is 0 Å². The van der Waals surface area contributed by atoms with Crippen LogP contribution in [0.15, 0.2) is 18.2 Å². The van der Waals surface area contributed by atoms with E-state index in [0.717, 1.165) is 6.07 Å². The minimum atomic E-state index is -4.80. The second-order valence-electron chi connectivity index (χ2n) is 3.05. The molecule has 1 N–H and O–H groups in total. The van der Waals surface area contributed by atoms with Gasteiger partial charge in [0.2, 0.25) is 0 Å². The first-order valence-corrected chi connectivity index (χ1v) is 4.51. The van der Waals surface area contributed by atoms with Gasteiger partial charge < -0.3 is 5.32 Å². The Hall–Kier alpha value is -1.59. The Morgan fingerprint density at radius 1 is 1.38 bits per heavy atom. The summed E-state index contributed by atoms with van der Waals surface area (Å²) in [7, 11) is 0. The smallest absolute Gasteiger partial charge is 0.352 e. The van der Waals surface area contributed by atoms with Crippen molar-refractivity contribution >= 4 is 5.91 Å². The summed E-state index contributed by atoms with van der Waals surface area (Å²) in [5, 5.41) is 2.33. The quantitative estimate of drug-likeness (QED) is 0.784. The lowest BCUT2D eigenvalue weighted by Gasteiger charge is -2.09. The molecule has 0 aliphatic carbocycles. The number of halogens is 4. The lowest BCUT2D eigenvalue weighted by molar-refractivity contribution is -0.140. The van der Waals surface area contributed by atoms with E-state index in [9.17, 15) is 22.4 Å². The predicted molar refractivity (Wildman–Crippen MR) is 49.4 cm³/mol. The molecular formula is C10H9F4NO. The molecule has 0 bridgehead atoms. The van der Waals surface area contributed by atoms with Crippen molar-refractivity contribution < 1.29 is 22.4 Å². The lowest BCUT2D eigenvalue weighted by atomic mass is 10.1. The predicted octanol–water partition coefficient (Wildman–Crippen LogP) is 2.59. The largest absolute Gasteiger partial charge is 0.419 e. The van der Waals surface area contributed by atoms with Gasteiger partial charge >= 0.3 is 6.18 Å². The van der Waals surface area contributed by atoms with E-state index in [1.54, 1.807) is 6.92 Å². The van der Waals surface area contributed by atoms with E-state index in [-0.39, 0.29) is 12.1 Å². The van der Waals surface area contributed by atoms with Crippen molar-refractivity contribution in [3.05, 3.63) is 35.1 Å². The van der Waals surface area contributed by atoms with Gasteiger partial charge in [-0.2, -0.15) is 13.2 Å². The highest BCUT2D eigenvalue weighted by Gasteiger charge is 2.34. The molecule has 2 nitrogen and oxygen atoms in total. The van der Waals surface area contributed by atoms with Crippen LogP contribution in [0.25, 0.3) is 0 Å². The van der Waals surface area contributed by atoms with Gasteiger partial charge in [-0.3, -0.25) is 4.79 Å². The summed E-state index contributed by atoms with van der Waals surface area (Å²) in [6.45, 7) is 1.92. The zero-order valence-electron chi connectivity index (χ0n) is 8.36. The molecule has 0 spiro atoms. The minimum absolute atomic E-state index is 0.212. The van der Waals surface area contributed by atoms with Crippen molar-refractivity contribution in [2.24, 2.45) is 0 Å². The third-order valence-electron chi connectivity index (χ3n) is 1.87. The van der Waals surface area contributed by atoms with Crippen molar-refractivity contribution in [3.8, 4) is 0 Å². The number of benzene rings is 1. The van der Waals surface area contributed by atoms with Gasteiger partial charge in [-0.05, 0) is 25.1 Å². The molecule has 0 aliphatic heterocycles. The number of rotatable bonds is 2. The number of carbonyl (C=O) groups is 1. The van der Waals surface area contributed by atoms with Crippen LogP contribution in [0.5, 0.6) is 0 Å². The summed E-state index contributed by atoms with van der Waals surface area (Å²) in [5.74, 6) is -2.05. The van der Waals surface area contributed by atoms with E-state index in [1.807, 2.05) is 0 Å². The van der Waals surface area contributed by atoms with Gasteiger partial charge in [0.25, 0.3) is 5.91 Å². The third-order valence-corrected chi connectivity index (χ3v) is 1.87. The molecule has 0 heterocycles. The summed E-state index contributed by atoms with van der Waals surface area (Å²) < 4.78 is 49.8. The SMILES string of the molecule is CCNC(=O)c1ccc(F)c(C(F)(F)F)c1. The molecule has 0 saturated heterocycles. The molecule has 0 unspecified atom stereocenters. The van der Waals surface area contributed by atoms with Gasteiger partial charge in [0, 0.05) is 12.1 Å². The summed E-state index contributed by atoms with van der Waals surface area (Å²) in [6, 6.07) is 2.14. The molecule has 1 rings (SSSR count). The van der Waals surface area contributed by atoms with Crippen LogP contribution in [0.4, 0.5) is 17.6 Å². The van der Waals surface area contributed by atoms with Crippen LogP contribution in [0.1, 0.15) is 22.8 Å². The molecule has 0 aliphatic rings.